The van der Waals surface area contributed by atoms with Crippen molar-refractivity contribution in [3.05, 3.63) is 88.1 Å². The number of Topliss-reactive ketones (excluding diaryl/α,β-unsaturated/α-hetero) is 1. The molecule has 1 atom stereocenters. The first-order valence-corrected chi connectivity index (χ1v) is 11.1. The Morgan fingerprint density at radius 3 is 2.62 bits per heavy atom. The van der Waals surface area contributed by atoms with Crippen LogP contribution in [0.15, 0.2) is 71.2 Å². The number of ketones is 1. The molecule has 0 radical (unpaired) electrons. The van der Waals surface area contributed by atoms with Crippen LogP contribution >= 0.6 is 0 Å². The average molecular weight is 458 g/mol. The first-order valence-electron chi connectivity index (χ1n) is 11.1. The lowest BCUT2D eigenvalue weighted by Gasteiger charge is -2.45. The number of benzene rings is 2. The predicted molar refractivity (Wildman–Crippen MR) is 124 cm³/mol. The number of fused-ring (bicyclic) bond motifs is 3. The van der Waals surface area contributed by atoms with Crippen molar-refractivity contribution in [3.63, 3.8) is 0 Å². The molecule has 0 saturated carbocycles. The number of para-hydroxylation sites is 1. The van der Waals surface area contributed by atoms with Crippen LogP contribution in [0.4, 0.5) is 10.1 Å². The molecule has 5 rings (SSSR count). The quantitative estimate of drug-likeness (QED) is 0.761. The second-order valence-electron chi connectivity index (χ2n) is 8.92. The summed E-state index contributed by atoms with van der Waals surface area (Å²) < 4.78 is 13.9. The number of hydrogen-bond donors (Lipinski definition) is 1. The fraction of sp³-hybridized carbons (Fsp3) is 0.269. The minimum atomic E-state index is -1.62. The largest absolute Gasteiger partial charge is 0.383 e. The molecule has 2 heterocycles. The van der Waals surface area contributed by atoms with Crippen LogP contribution in [0.5, 0.6) is 0 Å². The van der Waals surface area contributed by atoms with E-state index in [0.29, 0.717) is 47.3 Å². The summed E-state index contributed by atoms with van der Waals surface area (Å²) in [7, 11) is 3.56. The minimum Gasteiger partial charge on any atom is -0.383 e. The topological polar surface area (TPSA) is 93.7 Å². The first-order chi connectivity index (χ1) is 16.3. The van der Waals surface area contributed by atoms with Crippen molar-refractivity contribution in [1.82, 2.24) is 10.0 Å². The van der Waals surface area contributed by atoms with Crippen LogP contribution in [0.1, 0.15) is 30.4 Å². The molecule has 0 fully saturated rings. The van der Waals surface area contributed by atoms with Crippen LogP contribution in [0.3, 0.4) is 0 Å². The van der Waals surface area contributed by atoms with Gasteiger partial charge in [-0.05, 0) is 36.6 Å². The van der Waals surface area contributed by atoms with Gasteiger partial charge in [0.1, 0.15) is 23.1 Å². The Hall–Kier alpha value is -3.96. The van der Waals surface area contributed by atoms with Crippen LogP contribution in [-0.4, -0.2) is 35.8 Å². The van der Waals surface area contributed by atoms with E-state index in [9.17, 15) is 19.2 Å². The minimum absolute atomic E-state index is 0.0365. The van der Waals surface area contributed by atoms with E-state index in [4.69, 9.17) is 5.73 Å². The highest BCUT2D eigenvalue weighted by Crippen LogP contribution is 2.56. The third-order valence-corrected chi connectivity index (χ3v) is 6.78. The average Bonchev–Trinajstić information content (AvgIpc) is 3.03. The van der Waals surface area contributed by atoms with Gasteiger partial charge in [-0.3, -0.25) is 14.6 Å². The number of carbonyl (C=O) groups is 2. The van der Waals surface area contributed by atoms with Crippen molar-refractivity contribution in [3.8, 4) is 6.07 Å². The van der Waals surface area contributed by atoms with Gasteiger partial charge in [-0.1, -0.05) is 30.3 Å². The summed E-state index contributed by atoms with van der Waals surface area (Å²) in [5, 5.41) is 13.7. The van der Waals surface area contributed by atoms with Gasteiger partial charge in [-0.15, -0.1) is 0 Å². The summed E-state index contributed by atoms with van der Waals surface area (Å²) in [4.78, 5) is 29.4. The summed E-state index contributed by atoms with van der Waals surface area (Å²) in [6, 6.07) is 15.4. The molecule has 34 heavy (non-hydrogen) atoms. The SMILES string of the molecule is CN(C)N1C(N)=C(C#N)[C@]2(C(=O)N(Cc3cccc(F)c3)c3ccccc32)C2=C1CCCC2=O. The van der Waals surface area contributed by atoms with Crippen molar-refractivity contribution < 1.29 is 14.0 Å². The number of hydrazine groups is 1. The van der Waals surface area contributed by atoms with Gasteiger partial charge in [0.15, 0.2) is 5.78 Å². The number of rotatable bonds is 3. The van der Waals surface area contributed by atoms with Crippen LogP contribution in [0.2, 0.25) is 0 Å². The maximum atomic E-state index is 14.4. The van der Waals surface area contributed by atoms with Crippen LogP contribution in [0.25, 0.3) is 0 Å². The number of anilines is 1. The van der Waals surface area contributed by atoms with E-state index in [1.54, 1.807) is 60.5 Å². The Balaban J connectivity index is 1.80. The maximum absolute atomic E-state index is 14.4. The highest BCUT2D eigenvalue weighted by atomic mass is 19.1. The van der Waals surface area contributed by atoms with Gasteiger partial charge in [0.05, 0.1) is 12.1 Å². The second-order valence-corrected chi connectivity index (χ2v) is 8.92. The molecule has 1 amide bonds. The molecule has 0 bridgehead atoms. The summed E-state index contributed by atoms with van der Waals surface area (Å²) >= 11 is 0. The Labute approximate surface area is 197 Å². The number of nitrogens with zero attached hydrogens (tertiary/aromatic N) is 4. The predicted octanol–water partition coefficient (Wildman–Crippen LogP) is 3.10. The third kappa shape index (κ3) is 2.83. The van der Waals surface area contributed by atoms with E-state index < -0.39 is 17.1 Å². The van der Waals surface area contributed by atoms with Gasteiger partial charge in [-0.25, -0.2) is 9.40 Å². The molecule has 1 aliphatic carbocycles. The fourth-order valence-corrected chi connectivity index (χ4v) is 5.54. The molecule has 2 aromatic rings. The van der Waals surface area contributed by atoms with E-state index in [2.05, 4.69) is 6.07 Å². The van der Waals surface area contributed by atoms with E-state index in [1.165, 1.54) is 17.0 Å². The highest BCUT2D eigenvalue weighted by molar-refractivity contribution is 6.20. The first kappa shape index (κ1) is 21.9. The number of halogens is 1. The summed E-state index contributed by atoms with van der Waals surface area (Å²) in [5.41, 5.74) is 7.67. The Morgan fingerprint density at radius 2 is 1.91 bits per heavy atom. The van der Waals surface area contributed by atoms with Gasteiger partial charge in [-0.2, -0.15) is 5.26 Å². The second kappa shape index (κ2) is 7.82. The molecule has 2 aromatic carbocycles. The van der Waals surface area contributed by atoms with E-state index in [-0.39, 0.29) is 23.7 Å². The normalized spacial score (nSPS) is 22.0. The summed E-state index contributed by atoms with van der Waals surface area (Å²) in [5.74, 6) is -0.847. The fourth-order valence-electron chi connectivity index (χ4n) is 5.54. The summed E-state index contributed by atoms with van der Waals surface area (Å²) in [6.45, 7) is 0.0994. The number of allylic oxidation sites excluding steroid dienone is 1. The Morgan fingerprint density at radius 1 is 1.15 bits per heavy atom. The molecule has 1 spiro atoms. The lowest BCUT2D eigenvalue weighted by Crippen LogP contribution is -2.54. The van der Waals surface area contributed by atoms with E-state index >= 15 is 0 Å². The zero-order chi connectivity index (χ0) is 24.2. The highest BCUT2D eigenvalue weighted by Gasteiger charge is 2.62. The number of amides is 1. The molecule has 3 aliphatic rings. The summed E-state index contributed by atoms with van der Waals surface area (Å²) in [6.07, 6.45) is 1.48. The lowest BCUT2D eigenvalue weighted by atomic mass is 9.64. The van der Waals surface area contributed by atoms with Crippen LogP contribution in [0, 0.1) is 17.1 Å². The van der Waals surface area contributed by atoms with Crippen molar-refractivity contribution in [2.24, 2.45) is 5.73 Å². The molecule has 0 unspecified atom stereocenters. The molecular formula is C26H24FN5O2. The maximum Gasteiger partial charge on any atom is 0.248 e. The lowest BCUT2D eigenvalue weighted by molar-refractivity contribution is -0.124. The molecule has 2 aliphatic heterocycles. The smallest absolute Gasteiger partial charge is 0.248 e. The van der Waals surface area contributed by atoms with Crippen LogP contribution in [-0.2, 0) is 21.5 Å². The Kier molecular flexibility index (Phi) is 5.03. The number of hydrogen-bond acceptors (Lipinski definition) is 6. The number of carbonyl (C=O) groups excluding carboxylic acids is 2. The molecule has 2 N–H and O–H groups in total. The van der Waals surface area contributed by atoms with Gasteiger partial charge in [0, 0.05) is 43.0 Å². The zero-order valence-electron chi connectivity index (χ0n) is 19.0. The third-order valence-electron chi connectivity index (χ3n) is 6.78. The molecule has 8 heteroatoms. The monoisotopic (exact) mass is 457 g/mol. The van der Waals surface area contributed by atoms with E-state index in [1.807, 2.05) is 0 Å². The van der Waals surface area contributed by atoms with Crippen molar-refractivity contribution >= 4 is 17.4 Å². The van der Waals surface area contributed by atoms with Crippen molar-refractivity contribution in [2.75, 3.05) is 19.0 Å². The van der Waals surface area contributed by atoms with Gasteiger partial charge in [0.2, 0.25) is 5.91 Å². The number of nitriles is 1. The van der Waals surface area contributed by atoms with Crippen molar-refractivity contribution in [2.45, 2.75) is 31.2 Å². The van der Waals surface area contributed by atoms with Crippen LogP contribution < -0.4 is 10.6 Å². The molecule has 172 valence electrons. The standard InChI is InChI=1S/C26H24FN5O2/c1-30(2)32-21-11-6-12-22(33)23(21)26(19(14-28)24(32)29)18-9-3-4-10-20(18)31(25(26)34)15-16-7-5-8-17(27)13-16/h3-5,7-10,13H,6,11-12,15,29H2,1-2H3/t26-/m0/s1. The van der Waals surface area contributed by atoms with Gasteiger partial charge in [0.25, 0.3) is 0 Å². The molecular weight excluding hydrogens is 433 g/mol. The Bertz CT molecular complexity index is 1340. The van der Waals surface area contributed by atoms with E-state index in [0.717, 1.165) is 0 Å². The van der Waals surface area contributed by atoms with Gasteiger partial charge >= 0.3 is 0 Å². The molecule has 7 nitrogen and oxygen atoms in total. The number of nitrogens with two attached hydrogens (primary N) is 1. The zero-order valence-corrected chi connectivity index (χ0v) is 19.0. The van der Waals surface area contributed by atoms with Gasteiger partial charge < -0.3 is 10.6 Å². The van der Waals surface area contributed by atoms with Crippen molar-refractivity contribution in [1.29, 1.82) is 5.26 Å². The molecule has 0 saturated heterocycles. The molecule has 0 aromatic heterocycles.